The van der Waals surface area contributed by atoms with Gasteiger partial charge in [0.25, 0.3) is 0 Å². The third kappa shape index (κ3) is 3.20. The van der Waals surface area contributed by atoms with Crippen LogP contribution in [0.2, 0.25) is 0 Å². The van der Waals surface area contributed by atoms with Crippen molar-refractivity contribution < 1.29 is 24.5 Å². The summed E-state index contributed by atoms with van der Waals surface area (Å²) in [7, 11) is 2.75. The Kier molecular flexibility index (Phi) is 4.71. The summed E-state index contributed by atoms with van der Waals surface area (Å²) in [6.07, 6.45) is -0.0214. The van der Waals surface area contributed by atoms with Gasteiger partial charge in [-0.1, -0.05) is 6.07 Å². The first-order valence-corrected chi connectivity index (χ1v) is 8.16. The zero-order valence-corrected chi connectivity index (χ0v) is 14.4. The molecule has 0 unspecified atom stereocenters. The van der Waals surface area contributed by atoms with Crippen LogP contribution in [0.5, 0.6) is 17.2 Å². The van der Waals surface area contributed by atoms with E-state index in [1.54, 1.807) is 18.2 Å². The molecule has 25 heavy (non-hydrogen) atoms. The van der Waals surface area contributed by atoms with E-state index in [0.29, 0.717) is 27.9 Å². The fourth-order valence-corrected chi connectivity index (χ4v) is 3.31. The van der Waals surface area contributed by atoms with Crippen molar-refractivity contribution in [3.63, 3.8) is 0 Å². The summed E-state index contributed by atoms with van der Waals surface area (Å²) in [6, 6.07) is 8.02. The highest BCUT2D eigenvalue weighted by Gasteiger charge is 2.26. The number of methoxy groups -OCH3 is 2. The predicted octanol–water partition coefficient (Wildman–Crippen LogP) is 2.81. The summed E-state index contributed by atoms with van der Waals surface area (Å²) < 4.78 is 18.3. The molecule has 0 aliphatic carbocycles. The van der Waals surface area contributed by atoms with Gasteiger partial charge in [0.1, 0.15) is 16.8 Å². The molecule has 0 amide bonds. The minimum Gasteiger partial charge on any atom is -0.508 e. The third-order valence-electron chi connectivity index (χ3n) is 4.00. The zero-order valence-electron chi connectivity index (χ0n) is 13.6. The van der Waals surface area contributed by atoms with E-state index >= 15 is 0 Å². The van der Waals surface area contributed by atoms with Crippen LogP contribution in [0.3, 0.4) is 0 Å². The average Bonchev–Trinajstić information content (AvgIpc) is 3.08. The van der Waals surface area contributed by atoms with Crippen molar-refractivity contribution in [3.05, 3.63) is 41.5 Å². The number of fused-ring (bicyclic) bond motifs is 1. The van der Waals surface area contributed by atoms with Crippen LogP contribution in [-0.4, -0.2) is 39.1 Å². The van der Waals surface area contributed by atoms with Gasteiger partial charge in [0.05, 0.1) is 32.4 Å². The van der Waals surface area contributed by atoms with E-state index in [1.807, 2.05) is 0 Å². The number of esters is 1. The van der Waals surface area contributed by atoms with Crippen LogP contribution >= 0.6 is 11.7 Å². The minimum atomic E-state index is -0.558. The Labute approximate surface area is 147 Å². The molecule has 1 heterocycles. The van der Waals surface area contributed by atoms with Gasteiger partial charge < -0.3 is 19.7 Å². The normalized spacial score (nSPS) is 12.1. The van der Waals surface area contributed by atoms with Gasteiger partial charge in [-0.2, -0.15) is 8.75 Å². The zero-order chi connectivity index (χ0) is 18.0. The number of aromatic hydroxyl groups is 2. The molecule has 3 aromatic rings. The molecule has 1 atom stereocenters. The number of rotatable bonds is 5. The second-order valence-electron chi connectivity index (χ2n) is 5.39. The summed E-state index contributed by atoms with van der Waals surface area (Å²) in [4.78, 5) is 11.9. The largest absolute Gasteiger partial charge is 0.508 e. The fraction of sp³-hybridized carbons (Fsp3) is 0.235. The smallest absolute Gasteiger partial charge is 0.306 e. The van der Waals surface area contributed by atoms with Crippen LogP contribution in [-0.2, 0) is 9.53 Å². The van der Waals surface area contributed by atoms with Gasteiger partial charge in [-0.25, -0.2) is 0 Å². The molecule has 0 aliphatic rings. The molecule has 130 valence electrons. The average molecular weight is 360 g/mol. The molecule has 8 heteroatoms. The van der Waals surface area contributed by atoms with E-state index in [9.17, 15) is 15.0 Å². The summed E-state index contributed by atoms with van der Waals surface area (Å²) in [5.41, 5.74) is 2.25. The van der Waals surface area contributed by atoms with Crippen LogP contribution < -0.4 is 4.74 Å². The second kappa shape index (κ2) is 6.94. The number of aromatic nitrogens is 2. The summed E-state index contributed by atoms with van der Waals surface area (Å²) in [6.45, 7) is 0. The maximum absolute atomic E-state index is 11.9. The predicted molar refractivity (Wildman–Crippen MR) is 92.2 cm³/mol. The van der Waals surface area contributed by atoms with Crippen molar-refractivity contribution in [1.82, 2.24) is 8.75 Å². The van der Waals surface area contributed by atoms with Gasteiger partial charge in [-0.3, -0.25) is 4.79 Å². The molecule has 0 radical (unpaired) electrons. The van der Waals surface area contributed by atoms with Crippen molar-refractivity contribution in [2.24, 2.45) is 0 Å². The van der Waals surface area contributed by atoms with E-state index in [0.717, 1.165) is 11.7 Å². The Balaban J connectivity index is 2.18. The Bertz CT molecular complexity index is 925. The summed E-state index contributed by atoms with van der Waals surface area (Å²) in [5, 5.41) is 20.5. The monoisotopic (exact) mass is 360 g/mol. The number of ether oxygens (including phenoxy) is 2. The van der Waals surface area contributed by atoms with E-state index in [2.05, 4.69) is 8.75 Å². The first-order valence-electron chi connectivity index (χ1n) is 7.43. The van der Waals surface area contributed by atoms with Crippen LogP contribution in [0.1, 0.15) is 23.5 Å². The highest BCUT2D eigenvalue weighted by molar-refractivity contribution is 7.00. The molecule has 0 bridgehead atoms. The number of benzene rings is 2. The Morgan fingerprint density at radius 2 is 1.96 bits per heavy atom. The van der Waals surface area contributed by atoms with Gasteiger partial charge in [0, 0.05) is 11.5 Å². The lowest BCUT2D eigenvalue weighted by Gasteiger charge is -2.19. The highest BCUT2D eigenvalue weighted by atomic mass is 32.1. The van der Waals surface area contributed by atoms with Crippen molar-refractivity contribution in [2.75, 3.05) is 14.2 Å². The molecule has 0 spiro atoms. The van der Waals surface area contributed by atoms with Gasteiger partial charge in [0.15, 0.2) is 11.5 Å². The quantitative estimate of drug-likeness (QED) is 0.675. The number of carbonyl (C=O) groups excluding carboxylic acids is 1. The maximum Gasteiger partial charge on any atom is 0.306 e. The van der Waals surface area contributed by atoms with Crippen molar-refractivity contribution in [3.8, 4) is 17.2 Å². The Morgan fingerprint density at radius 1 is 1.16 bits per heavy atom. The van der Waals surface area contributed by atoms with E-state index < -0.39 is 11.9 Å². The summed E-state index contributed by atoms with van der Waals surface area (Å²) >= 11 is 1.03. The lowest BCUT2D eigenvalue weighted by molar-refractivity contribution is -0.140. The molecule has 3 rings (SSSR count). The van der Waals surface area contributed by atoms with Gasteiger partial charge in [-0.15, -0.1) is 0 Å². The molecule has 0 saturated carbocycles. The van der Waals surface area contributed by atoms with Gasteiger partial charge in [0.2, 0.25) is 0 Å². The summed E-state index contributed by atoms with van der Waals surface area (Å²) in [5.74, 6) is -0.738. The second-order valence-corrected chi connectivity index (χ2v) is 5.92. The van der Waals surface area contributed by atoms with Crippen molar-refractivity contribution >= 4 is 28.7 Å². The van der Waals surface area contributed by atoms with E-state index in [4.69, 9.17) is 9.47 Å². The molecular formula is C17H16N2O5S. The molecule has 7 nitrogen and oxygen atoms in total. The number of phenolic OH excluding ortho intramolecular Hbond substituents is 2. The first-order chi connectivity index (χ1) is 12.0. The fourth-order valence-electron chi connectivity index (χ4n) is 2.76. The van der Waals surface area contributed by atoms with E-state index in [1.165, 1.54) is 26.4 Å². The first kappa shape index (κ1) is 17.0. The Hall–Kier alpha value is -2.87. The molecular weight excluding hydrogens is 344 g/mol. The van der Waals surface area contributed by atoms with Gasteiger partial charge in [-0.05, 0) is 29.8 Å². The molecule has 0 aliphatic heterocycles. The Morgan fingerprint density at radius 3 is 2.64 bits per heavy atom. The molecule has 1 aromatic heterocycles. The highest BCUT2D eigenvalue weighted by Crippen LogP contribution is 2.40. The minimum absolute atomic E-state index is 0.00408. The molecule has 0 saturated heterocycles. The number of hydrogen-bond acceptors (Lipinski definition) is 8. The molecule has 2 N–H and O–H groups in total. The number of carbonyl (C=O) groups is 1. The third-order valence-corrected chi connectivity index (χ3v) is 4.54. The number of nitrogens with zero attached hydrogens (tertiary/aromatic N) is 2. The van der Waals surface area contributed by atoms with Crippen LogP contribution in [0.4, 0.5) is 0 Å². The van der Waals surface area contributed by atoms with Crippen LogP contribution in [0.25, 0.3) is 11.0 Å². The molecule has 2 aromatic carbocycles. The van der Waals surface area contributed by atoms with Crippen molar-refractivity contribution in [1.29, 1.82) is 0 Å². The topological polar surface area (TPSA) is 102 Å². The lowest BCUT2D eigenvalue weighted by Crippen LogP contribution is -2.11. The van der Waals surface area contributed by atoms with Crippen molar-refractivity contribution in [2.45, 2.75) is 12.3 Å². The maximum atomic E-state index is 11.9. The lowest BCUT2D eigenvalue weighted by atomic mass is 9.87. The number of hydrogen-bond donors (Lipinski definition) is 2. The van der Waals surface area contributed by atoms with E-state index in [-0.39, 0.29) is 17.9 Å². The number of phenols is 2. The molecule has 0 fully saturated rings. The van der Waals surface area contributed by atoms with Gasteiger partial charge >= 0.3 is 5.97 Å². The van der Waals surface area contributed by atoms with Crippen LogP contribution in [0.15, 0.2) is 30.3 Å². The SMILES string of the molecule is COC(=O)C[C@@H](c1ccc(OC)c(O)c1)c1c(O)ccc2nsnc12. The van der Waals surface area contributed by atoms with Crippen LogP contribution in [0, 0.1) is 0 Å². The standard InChI is InChI=1S/C17H16N2O5S/c1-23-14-6-3-9(7-13(14)21)10(8-15(22)24-2)16-12(20)5-4-11-17(16)19-25-18-11/h3-7,10,20-21H,8H2,1-2H3/t10-/m0/s1.